The van der Waals surface area contributed by atoms with Gasteiger partial charge in [-0.05, 0) is 64.6 Å². The molecule has 178 valence electrons. The minimum Gasteiger partial charge on any atom is -0.378 e. The molecule has 0 aliphatic heterocycles. The fraction of sp³-hybridized carbons (Fsp3) is 0.194. The Labute approximate surface area is 208 Å². The number of nitrogens with zero attached hydrogens (tertiary/aromatic N) is 3. The van der Waals surface area contributed by atoms with Crippen molar-refractivity contribution in [2.45, 2.75) is 0 Å². The molecule has 0 atom stereocenters. The molecule has 4 rings (SSSR count). The molecule has 35 heavy (non-hydrogen) atoms. The summed E-state index contributed by atoms with van der Waals surface area (Å²) >= 11 is 0. The van der Waals surface area contributed by atoms with Crippen LogP contribution >= 0.6 is 0 Å². The second-order valence-electron chi connectivity index (χ2n) is 9.38. The summed E-state index contributed by atoms with van der Waals surface area (Å²) in [5.41, 5.74) is 6.97. The van der Waals surface area contributed by atoms with Gasteiger partial charge in [0.1, 0.15) is 0 Å². The van der Waals surface area contributed by atoms with E-state index in [0.717, 1.165) is 44.5 Å². The second kappa shape index (κ2) is 10.1. The molecule has 4 nitrogen and oxygen atoms in total. The molecule has 0 amide bonds. The fourth-order valence-electron chi connectivity index (χ4n) is 4.31. The number of allylic oxidation sites excluding steroid dienone is 1. The van der Waals surface area contributed by atoms with Gasteiger partial charge in [-0.15, -0.1) is 0 Å². The highest BCUT2D eigenvalue weighted by molar-refractivity contribution is 6.18. The van der Waals surface area contributed by atoms with Crippen molar-refractivity contribution in [1.82, 2.24) is 0 Å². The van der Waals surface area contributed by atoms with Crippen LogP contribution in [0, 0.1) is 0 Å². The fourth-order valence-corrected chi connectivity index (χ4v) is 4.31. The van der Waals surface area contributed by atoms with Gasteiger partial charge in [-0.2, -0.15) is 0 Å². The number of hydrogen-bond acceptors (Lipinski definition) is 4. The van der Waals surface area contributed by atoms with E-state index >= 15 is 0 Å². The normalized spacial score (nSPS) is 10.7. The molecular formula is C31H33N3O. The first-order valence-electron chi connectivity index (χ1n) is 11.8. The Bertz CT molecular complexity index is 1310. The molecule has 4 aromatic carbocycles. The zero-order valence-electron chi connectivity index (χ0n) is 21.4. The molecule has 0 saturated heterocycles. The minimum absolute atomic E-state index is 0.00474. The first-order chi connectivity index (χ1) is 16.8. The average molecular weight is 464 g/mol. The first-order valence-corrected chi connectivity index (χ1v) is 11.8. The lowest BCUT2D eigenvalue weighted by atomic mass is 9.93. The number of benzene rings is 4. The third-order valence-corrected chi connectivity index (χ3v) is 6.31. The van der Waals surface area contributed by atoms with Crippen molar-refractivity contribution in [3.8, 4) is 0 Å². The Kier molecular flexibility index (Phi) is 6.92. The van der Waals surface area contributed by atoms with Crippen molar-refractivity contribution < 1.29 is 4.79 Å². The van der Waals surface area contributed by atoms with Crippen LogP contribution in [0.4, 0.5) is 17.1 Å². The molecule has 4 heteroatoms. The lowest BCUT2D eigenvalue weighted by molar-refractivity contribution is 0.104. The summed E-state index contributed by atoms with van der Waals surface area (Å²) in [5.74, 6) is -0.00474. The predicted molar refractivity (Wildman–Crippen MR) is 151 cm³/mol. The molecule has 0 aliphatic carbocycles. The number of anilines is 3. The van der Waals surface area contributed by atoms with Crippen LogP contribution in [0.3, 0.4) is 0 Å². The maximum absolute atomic E-state index is 13.7. The summed E-state index contributed by atoms with van der Waals surface area (Å²) in [4.78, 5) is 20.0. The van der Waals surface area contributed by atoms with E-state index in [1.807, 2.05) is 72.6 Å². The van der Waals surface area contributed by atoms with E-state index in [0.29, 0.717) is 5.56 Å². The molecule has 0 saturated carbocycles. The van der Waals surface area contributed by atoms with Gasteiger partial charge in [0.05, 0.1) is 0 Å². The first kappa shape index (κ1) is 24.1. The van der Waals surface area contributed by atoms with Crippen LogP contribution in [-0.4, -0.2) is 48.1 Å². The zero-order chi connectivity index (χ0) is 25.1. The number of hydrogen-bond donors (Lipinski definition) is 0. The molecular weight excluding hydrogens is 430 g/mol. The van der Waals surface area contributed by atoms with E-state index < -0.39 is 0 Å². The number of carbonyl (C=O) groups excluding carboxylic acids is 1. The largest absolute Gasteiger partial charge is 0.378 e. The van der Waals surface area contributed by atoms with E-state index in [1.165, 1.54) is 0 Å². The zero-order valence-corrected chi connectivity index (χ0v) is 21.4. The standard InChI is InChI=1S/C31H33N3O/c1-32(2)24-15-11-22(12-16-24)29(23-13-17-25(18-14-23)33(3)4)21-31(35)28-19-20-30(34(5)6)27-10-8-7-9-26(27)28/h7-21H,1-6H3. The van der Waals surface area contributed by atoms with E-state index in [-0.39, 0.29) is 5.78 Å². The molecule has 0 aromatic heterocycles. The van der Waals surface area contributed by atoms with Gasteiger partial charge in [0.2, 0.25) is 0 Å². The van der Waals surface area contributed by atoms with Gasteiger partial charge in [0.15, 0.2) is 5.78 Å². The molecule has 0 spiro atoms. The number of ketones is 1. The van der Waals surface area contributed by atoms with Crippen molar-refractivity contribution in [3.63, 3.8) is 0 Å². The van der Waals surface area contributed by atoms with Crippen LogP contribution < -0.4 is 14.7 Å². The van der Waals surface area contributed by atoms with Gasteiger partial charge in [-0.1, -0.05) is 48.5 Å². The number of rotatable bonds is 7. The Hall–Kier alpha value is -4.05. The third kappa shape index (κ3) is 5.07. The summed E-state index contributed by atoms with van der Waals surface area (Å²) in [6.45, 7) is 0. The third-order valence-electron chi connectivity index (χ3n) is 6.31. The van der Waals surface area contributed by atoms with Crippen molar-refractivity contribution in [3.05, 3.63) is 108 Å². The van der Waals surface area contributed by atoms with Gasteiger partial charge in [-0.25, -0.2) is 0 Å². The number of carbonyl (C=O) groups is 1. The van der Waals surface area contributed by atoms with Gasteiger partial charge in [0, 0.05) is 70.3 Å². The van der Waals surface area contributed by atoms with Crippen molar-refractivity contribution in [1.29, 1.82) is 0 Å². The molecule has 4 aromatic rings. The summed E-state index contributed by atoms with van der Waals surface area (Å²) < 4.78 is 0. The smallest absolute Gasteiger partial charge is 0.187 e. The highest BCUT2D eigenvalue weighted by Gasteiger charge is 2.15. The highest BCUT2D eigenvalue weighted by Crippen LogP contribution is 2.31. The van der Waals surface area contributed by atoms with Gasteiger partial charge >= 0.3 is 0 Å². The van der Waals surface area contributed by atoms with Crippen LogP contribution in [0.1, 0.15) is 21.5 Å². The SMILES string of the molecule is CN(C)c1ccc(C(=CC(=O)c2ccc(N(C)C)c3ccccc23)c2ccc(N(C)C)cc2)cc1. The van der Waals surface area contributed by atoms with E-state index in [2.05, 4.69) is 69.3 Å². The highest BCUT2D eigenvalue weighted by atomic mass is 16.1. The molecule has 0 unspecified atom stereocenters. The van der Waals surface area contributed by atoms with E-state index in [4.69, 9.17) is 0 Å². The summed E-state index contributed by atoms with van der Waals surface area (Å²) in [5, 5.41) is 2.04. The molecule has 0 aliphatic rings. The van der Waals surface area contributed by atoms with Crippen LogP contribution in [0.2, 0.25) is 0 Å². The molecule has 0 heterocycles. The molecule has 0 fully saturated rings. The monoisotopic (exact) mass is 463 g/mol. The van der Waals surface area contributed by atoms with Crippen LogP contribution in [-0.2, 0) is 0 Å². The van der Waals surface area contributed by atoms with Crippen LogP contribution in [0.15, 0.2) is 91.0 Å². The Morgan fingerprint density at radius 2 is 1.06 bits per heavy atom. The van der Waals surface area contributed by atoms with Gasteiger partial charge in [0.25, 0.3) is 0 Å². The van der Waals surface area contributed by atoms with Gasteiger partial charge < -0.3 is 14.7 Å². The lowest BCUT2D eigenvalue weighted by Crippen LogP contribution is -2.10. The quantitative estimate of drug-likeness (QED) is 0.236. The lowest BCUT2D eigenvalue weighted by Gasteiger charge is -2.17. The average Bonchev–Trinajstić information content (AvgIpc) is 2.86. The van der Waals surface area contributed by atoms with Crippen LogP contribution in [0.25, 0.3) is 16.3 Å². The van der Waals surface area contributed by atoms with Crippen LogP contribution in [0.5, 0.6) is 0 Å². The molecule has 0 radical (unpaired) electrons. The van der Waals surface area contributed by atoms with E-state index in [1.54, 1.807) is 6.08 Å². The van der Waals surface area contributed by atoms with Gasteiger partial charge in [-0.3, -0.25) is 4.79 Å². The topological polar surface area (TPSA) is 26.8 Å². The summed E-state index contributed by atoms with van der Waals surface area (Å²) in [7, 11) is 12.1. The minimum atomic E-state index is -0.00474. The predicted octanol–water partition coefficient (Wildman–Crippen LogP) is 6.35. The summed E-state index contributed by atoms with van der Waals surface area (Å²) in [6.07, 6.45) is 1.78. The van der Waals surface area contributed by atoms with Crippen molar-refractivity contribution in [2.75, 3.05) is 57.0 Å². The molecule has 0 bridgehead atoms. The Morgan fingerprint density at radius 3 is 1.51 bits per heavy atom. The Morgan fingerprint density at radius 1 is 0.571 bits per heavy atom. The van der Waals surface area contributed by atoms with E-state index in [9.17, 15) is 4.79 Å². The second-order valence-corrected chi connectivity index (χ2v) is 9.38. The Balaban J connectivity index is 1.84. The van der Waals surface area contributed by atoms with Crippen molar-refractivity contribution >= 4 is 39.2 Å². The maximum Gasteiger partial charge on any atom is 0.187 e. The maximum atomic E-state index is 13.7. The van der Waals surface area contributed by atoms with Crippen molar-refractivity contribution in [2.24, 2.45) is 0 Å². The molecule has 0 N–H and O–H groups in total. The number of fused-ring (bicyclic) bond motifs is 1. The summed E-state index contributed by atoms with van der Waals surface area (Å²) in [6, 6.07) is 28.8.